The molecule has 1 aliphatic heterocycles. The summed E-state index contributed by atoms with van der Waals surface area (Å²) in [7, 11) is 1.91. The predicted molar refractivity (Wildman–Crippen MR) is 58.7 cm³/mol. The van der Waals surface area contributed by atoms with Crippen LogP contribution in [0.1, 0.15) is 0 Å². The molecule has 0 unspecified atom stereocenters. The Kier molecular flexibility index (Phi) is 2.18. The molecule has 0 aromatic heterocycles. The Bertz CT molecular complexity index is 342. The summed E-state index contributed by atoms with van der Waals surface area (Å²) in [6.45, 7) is 0.810. The minimum absolute atomic E-state index is 0.711. The number of hydrazine groups is 1. The van der Waals surface area contributed by atoms with Crippen molar-refractivity contribution >= 4 is 11.4 Å². The van der Waals surface area contributed by atoms with E-state index in [4.69, 9.17) is 5.73 Å². The normalized spacial score (nSPS) is 14.9. The van der Waals surface area contributed by atoms with E-state index < -0.39 is 0 Å². The van der Waals surface area contributed by atoms with Crippen LogP contribution < -0.4 is 21.5 Å². The van der Waals surface area contributed by atoms with E-state index in [9.17, 15) is 0 Å². The van der Waals surface area contributed by atoms with Crippen LogP contribution in [0.25, 0.3) is 0 Å². The summed E-state index contributed by atoms with van der Waals surface area (Å²) in [6, 6.07) is 8.16. The monoisotopic (exact) mass is 190 g/mol. The molecule has 4 N–H and O–H groups in total. The van der Waals surface area contributed by atoms with Gasteiger partial charge in [0.2, 0.25) is 0 Å². The number of nitrogens with zero attached hydrogens (tertiary/aromatic N) is 1. The highest BCUT2D eigenvalue weighted by Gasteiger charge is 2.10. The summed E-state index contributed by atoms with van der Waals surface area (Å²) in [4.78, 5) is 0. The van der Waals surface area contributed by atoms with E-state index in [1.807, 2.05) is 42.4 Å². The van der Waals surface area contributed by atoms with Crippen LogP contribution in [0.15, 0.2) is 36.2 Å². The molecule has 1 heterocycles. The van der Waals surface area contributed by atoms with Crippen molar-refractivity contribution < 1.29 is 0 Å². The second kappa shape index (κ2) is 3.49. The smallest absolute Gasteiger partial charge is 0.113 e. The zero-order valence-corrected chi connectivity index (χ0v) is 8.12. The van der Waals surface area contributed by atoms with Gasteiger partial charge in [0.15, 0.2) is 0 Å². The quantitative estimate of drug-likeness (QED) is 0.647. The van der Waals surface area contributed by atoms with E-state index in [1.165, 1.54) is 0 Å². The number of anilines is 2. The second-order valence-electron chi connectivity index (χ2n) is 3.18. The zero-order chi connectivity index (χ0) is 9.97. The fourth-order valence-corrected chi connectivity index (χ4v) is 1.41. The van der Waals surface area contributed by atoms with Crippen molar-refractivity contribution in [1.29, 1.82) is 0 Å². The largest absolute Gasteiger partial charge is 0.388 e. The average Bonchev–Trinajstić information content (AvgIpc) is 2.65. The first-order valence-electron chi connectivity index (χ1n) is 4.57. The van der Waals surface area contributed by atoms with Gasteiger partial charge in [0.1, 0.15) is 5.82 Å². The van der Waals surface area contributed by atoms with Crippen molar-refractivity contribution in [2.75, 3.05) is 23.9 Å². The Balaban J connectivity index is 2.11. The lowest BCUT2D eigenvalue weighted by Gasteiger charge is -2.19. The fourth-order valence-electron chi connectivity index (χ4n) is 1.41. The number of hydrogen-bond donors (Lipinski definition) is 3. The lowest BCUT2D eigenvalue weighted by atomic mass is 10.3. The maximum absolute atomic E-state index is 5.61. The van der Waals surface area contributed by atoms with Gasteiger partial charge in [-0.25, -0.2) is 0 Å². The van der Waals surface area contributed by atoms with Crippen molar-refractivity contribution in [1.82, 2.24) is 5.43 Å². The maximum Gasteiger partial charge on any atom is 0.113 e. The van der Waals surface area contributed by atoms with Gasteiger partial charge in [-0.05, 0) is 30.3 Å². The second-order valence-corrected chi connectivity index (χ2v) is 3.18. The van der Waals surface area contributed by atoms with Gasteiger partial charge in [0.05, 0.1) is 12.2 Å². The topological polar surface area (TPSA) is 53.3 Å². The van der Waals surface area contributed by atoms with E-state index in [2.05, 4.69) is 10.7 Å². The van der Waals surface area contributed by atoms with Crippen molar-refractivity contribution in [2.24, 2.45) is 5.73 Å². The lowest BCUT2D eigenvalue weighted by molar-refractivity contribution is 0.797. The highest BCUT2D eigenvalue weighted by Crippen LogP contribution is 2.18. The molecule has 0 radical (unpaired) electrons. The third-order valence-electron chi connectivity index (χ3n) is 2.23. The molecule has 74 valence electrons. The summed E-state index contributed by atoms with van der Waals surface area (Å²) >= 11 is 0. The van der Waals surface area contributed by atoms with Crippen LogP contribution >= 0.6 is 0 Å². The van der Waals surface area contributed by atoms with Crippen LogP contribution in [-0.4, -0.2) is 13.6 Å². The zero-order valence-electron chi connectivity index (χ0n) is 8.12. The molecule has 0 atom stereocenters. The first kappa shape index (κ1) is 8.74. The van der Waals surface area contributed by atoms with E-state index in [0.717, 1.165) is 17.9 Å². The first-order valence-corrected chi connectivity index (χ1v) is 4.57. The summed E-state index contributed by atoms with van der Waals surface area (Å²) in [5.41, 5.74) is 10.9. The van der Waals surface area contributed by atoms with Gasteiger partial charge in [-0.3, -0.25) is 10.4 Å². The molecule has 0 spiro atoms. The Labute approximate surface area is 83.4 Å². The third-order valence-corrected chi connectivity index (χ3v) is 2.23. The number of nitrogens with one attached hydrogen (secondary N) is 2. The van der Waals surface area contributed by atoms with Crippen LogP contribution in [0, 0.1) is 0 Å². The highest BCUT2D eigenvalue weighted by molar-refractivity contribution is 5.55. The Morgan fingerprint density at radius 1 is 1.36 bits per heavy atom. The van der Waals surface area contributed by atoms with Crippen LogP contribution in [-0.2, 0) is 0 Å². The number of nitrogens with two attached hydrogens (primary N) is 1. The van der Waals surface area contributed by atoms with Gasteiger partial charge in [0.25, 0.3) is 0 Å². The summed E-state index contributed by atoms with van der Waals surface area (Å²) in [6.07, 6.45) is 1.95. The fraction of sp³-hybridized carbons (Fsp3) is 0.200. The Morgan fingerprint density at radius 2 is 2.07 bits per heavy atom. The van der Waals surface area contributed by atoms with Gasteiger partial charge in [-0.15, -0.1) is 0 Å². The summed E-state index contributed by atoms with van der Waals surface area (Å²) < 4.78 is 0. The minimum atomic E-state index is 0.711. The standard InChI is InChI=1S/C10H14N4/c1-12-8-2-4-9(5-3-8)14-7-6-10(11)13-14/h2-6,12-13H,7,11H2,1H3. The molecular weight excluding hydrogens is 176 g/mol. The lowest BCUT2D eigenvalue weighted by Crippen LogP contribution is -2.33. The van der Waals surface area contributed by atoms with Gasteiger partial charge in [-0.2, -0.15) is 0 Å². The molecule has 14 heavy (non-hydrogen) atoms. The van der Waals surface area contributed by atoms with E-state index in [-0.39, 0.29) is 0 Å². The molecule has 0 amide bonds. The van der Waals surface area contributed by atoms with Crippen molar-refractivity contribution in [3.63, 3.8) is 0 Å². The third kappa shape index (κ3) is 1.59. The summed E-state index contributed by atoms with van der Waals surface area (Å²) in [5.74, 6) is 0.711. The minimum Gasteiger partial charge on any atom is -0.388 e. The van der Waals surface area contributed by atoms with Crippen molar-refractivity contribution in [3.05, 3.63) is 36.2 Å². The van der Waals surface area contributed by atoms with Crippen LogP contribution in [0.4, 0.5) is 11.4 Å². The maximum atomic E-state index is 5.61. The predicted octanol–water partition coefficient (Wildman–Crippen LogP) is 0.853. The van der Waals surface area contributed by atoms with Gasteiger partial charge >= 0.3 is 0 Å². The van der Waals surface area contributed by atoms with Crippen LogP contribution in [0.5, 0.6) is 0 Å². The SMILES string of the molecule is CNc1ccc(N2CC=C(N)N2)cc1. The molecule has 1 aromatic carbocycles. The number of rotatable bonds is 2. The molecule has 0 saturated carbocycles. The van der Waals surface area contributed by atoms with Gasteiger partial charge in [-0.1, -0.05) is 0 Å². The number of hydrogen-bond acceptors (Lipinski definition) is 4. The molecular formula is C10H14N4. The summed E-state index contributed by atoms with van der Waals surface area (Å²) in [5, 5.41) is 5.07. The Hall–Kier alpha value is -1.84. The molecule has 1 aliphatic rings. The molecule has 4 nitrogen and oxygen atoms in total. The molecule has 2 rings (SSSR count). The molecule has 0 bridgehead atoms. The van der Waals surface area contributed by atoms with Crippen LogP contribution in [0.3, 0.4) is 0 Å². The van der Waals surface area contributed by atoms with Gasteiger partial charge in [0, 0.05) is 12.7 Å². The van der Waals surface area contributed by atoms with Crippen LogP contribution in [0.2, 0.25) is 0 Å². The number of benzene rings is 1. The Morgan fingerprint density at radius 3 is 2.57 bits per heavy atom. The van der Waals surface area contributed by atoms with Gasteiger partial charge < -0.3 is 11.1 Å². The molecule has 0 aliphatic carbocycles. The van der Waals surface area contributed by atoms with E-state index >= 15 is 0 Å². The molecule has 0 saturated heterocycles. The van der Waals surface area contributed by atoms with Crippen molar-refractivity contribution in [2.45, 2.75) is 0 Å². The van der Waals surface area contributed by atoms with Crippen molar-refractivity contribution in [3.8, 4) is 0 Å². The molecule has 4 heteroatoms. The molecule has 0 fully saturated rings. The first-order chi connectivity index (χ1) is 6.79. The molecule has 1 aromatic rings. The highest BCUT2D eigenvalue weighted by atomic mass is 15.5. The van der Waals surface area contributed by atoms with E-state index in [0.29, 0.717) is 5.82 Å². The van der Waals surface area contributed by atoms with E-state index in [1.54, 1.807) is 0 Å². The average molecular weight is 190 g/mol.